The maximum absolute atomic E-state index is 12.9. The van der Waals surface area contributed by atoms with Gasteiger partial charge in [0, 0.05) is 35.0 Å². The number of hydroxylamine groups is 1. The lowest BCUT2D eigenvalue weighted by molar-refractivity contribution is -0.192. The van der Waals surface area contributed by atoms with Crippen LogP contribution in [0.3, 0.4) is 0 Å². The van der Waals surface area contributed by atoms with E-state index in [1.165, 1.54) is 0 Å². The molecule has 0 atom stereocenters. The molecule has 0 bridgehead atoms. The second kappa shape index (κ2) is 13.7. The molecule has 1 aliphatic heterocycles. The summed E-state index contributed by atoms with van der Waals surface area (Å²) in [6, 6.07) is 16.7. The third-order valence-corrected chi connectivity index (χ3v) is 7.62. The number of nitrogens with one attached hydrogen (secondary N) is 2. The molecule has 0 aliphatic carbocycles. The molecule has 0 saturated carbocycles. The van der Waals surface area contributed by atoms with Crippen molar-refractivity contribution in [1.82, 2.24) is 15.8 Å². The average molecular weight is 596 g/mol. The summed E-state index contributed by atoms with van der Waals surface area (Å²) in [5.74, 6) is -2.26. The van der Waals surface area contributed by atoms with E-state index in [2.05, 4.69) is 10.3 Å². The van der Waals surface area contributed by atoms with Gasteiger partial charge in [0.1, 0.15) is 23.9 Å². The van der Waals surface area contributed by atoms with Crippen LogP contribution in [0.15, 0.2) is 54.6 Å². The standard InChI is InChI=1S/C25H27N3O5S.C2HF3O2/c1-17-14-19(21-4-2-3-5-22(21)26-17)16-33-20-8-6-18(7-9-20)24(30)27-25(15-23(29)28-31)10-12-34(32)13-11-25;3-2(4,5)1(6)7/h2-9,14,31H,10-13,15-16H2,1H3,(H,27,30)(H,28,29);(H,6,7). The number of para-hydroxylation sites is 1. The lowest BCUT2D eigenvalue weighted by Crippen LogP contribution is -2.55. The predicted molar refractivity (Wildman–Crippen MR) is 143 cm³/mol. The smallest absolute Gasteiger partial charge is 0.490 e. The van der Waals surface area contributed by atoms with Gasteiger partial charge < -0.3 is 19.7 Å². The fourth-order valence-electron chi connectivity index (χ4n) is 4.23. The second-order valence-corrected chi connectivity index (χ2v) is 11.0. The molecule has 0 radical (unpaired) electrons. The summed E-state index contributed by atoms with van der Waals surface area (Å²) in [6.07, 6.45) is -4.36. The Balaban J connectivity index is 0.000000587. The average Bonchev–Trinajstić information content (AvgIpc) is 2.93. The number of benzene rings is 2. The van der Waals surface area contributed by atoms with Gasteiger partial charge in [-0.2, -0.15) is 13.2 Å². The van der Waals surface area contributed by atoms with E-state index < -0.39 is 34.8 Å². The highest BCUT2D eigenvalue weighted by molar-refractivity contribution is 7.91. The minimum absolute atomic E-state index is 0.0764. The molecule has 1 saturated heterocycles. The second-order valence-electron chi connectivity index (χ2n) is 9.35. The number of halogens is 3. The third-order valence-electron chi connectivity index (χ3n) is 6.30. The predicted octanol–water partition coefficient (Wildman–Crippen LogP) is 3.66. The number of rotatable bonds is 7. The number of nitrogens with zero attached hydrogens (tertiary/aromatic N) is 1. The van der Waals surface area contributed by atoms with E-state index in [9.17, 15) is 27.3 Å². The van der Waals surface area contributed by atoms with E-state index in [0.717, 1.165) is 22.2 Å². The summed E-state index contributed by atoms with van der Waals surface area (Å²) in [7, 11) is 0. The first-order valence-corrected chi connectivity index (χ1v) is 13.8. The molecule has 2 heterocycles. The number of fused-ring (bicyclic) bond motifs is 1. The Morgan fingerprint density at radius 1 is 1.10 bits per heavy atom. The SMILES string of the molecule is Cc1cc(COc2ccc(C(=O)NC3(CC(=O)NO)CC[S+]([O-])CC3)cc2)c2ccccc2n1.O=C(O)C(F)(F)F. The largest absolute Gasteiger partial charge is 0.616 e. The van der Waals surface area contributed by atoms with Gasteiger partial charge in [-0.25, -0.2) is 10.3 Å². The van der Waals surface area contributed by atoms with Gasteiger partial charge in [0.15, 0.2) is 0 Å². The number of pyridine rings is 1. The van der Waals surface area contributed by atoms with Crippen LogP contribution in [0.2, 0.25) is 0 Å². The summed E-state index contributed by atoms with van der Waals surface area (Å²) in [5.41, 5.74) is 4.08. The van der Waals surface area contributed by atoms with Crippen molar-refractivity contribution in [2.75, 3.05) is 11.5 Å². The van der Waals surface area contributed by atoms with Crippen LogP contribution in [0.5, 0.6) is 5.75 Å². The van der Waals surface area contributed by atoms with E-state index in [0.29, 0.717) is 42.3 Å². The molecular formula is C27H28F3N3O7S. The summed E-state index contributed by atoms with van der Waals surface area (Å²) in [5, 5.41) is 20.0. The highest BCUT2D eigenvalue weighted by Gasteiger charge is 2.40. The zero-order valence-corrected chi connectivity index (χ0v) is 22.7. The zero-order valence-electron chi connectivity index (χ0n) is 21.9. The van der Waals surface area contributed by atoms with Gasteiger partial charge in [0.2, 0.25) is 5.91 Å². The Morgan fingerprint density at radius 3 is 2.29 bits per heavy atom. The van der Waals surface area contributed by atoms with E-state index in [4.69, 9.17) is 19.8 Å². The molecule has 2 aromatic carbocycles. The van der Waals surface area contributed by atoms with Gasteiger partial charge in [-0.15, -0.1) is 0 Å². The Labute approximate surface area is 236 Å². The number of aryl methyl sites for hydroxylation is 1. The van der Waals surface area contributed by atoms with Crippen molar-refractivity contribution in [1.29, 1.82) is 0 Å². The number of carboxylic acids is 1. The van der Waals surface area contributed by atoms with E-state index in [1.807, 2.05) is 37.3 Å². The van der Waals surface area contributed by atoms with Gasteiger partial charge in [0.05, 0.1) is 17.5 Å². The highest BCUT2D eigenvalue weighted by Crippen LogP contribution is 2.28. The molecule has 3 aromatic rings. The zero-order chi connectivity index (χ0) is 30.2. The maximum atomic E-state index is 12.9. The number of alkyl halides is 3. The Bertz CT molecular complexity index is 1380. The number of carbonyl (C=O) groups is 3. The van der Waals surface area contributed by atoms with Crippen molar-refractivity contribution in [2.45, 2.75) is 44.5 Å². The number of carboxylic acid groups (broad SMARTS) is 1. The van der Waals surface area contributed by atoms with Crippen LogP contribution < -0.4 is 15.5 Å². The number of hydrogen-bond acceptors (Lipinski definition) is 7. The molecule has 220 valence electrons. The molecule has 4 rings (SSSR count). The van der Waals surface area contributed by atoms with Crippen molar-refractivity contribution in [3.05, 3.63) is 71.4 Å². The van der Waals surface area contributed by atoms with Crippen molar-refractivity contribution in [3.8, 4) is 5.75 Å². The van der Waals surface area contributed by atoms with Crippen LogP contribution in [0.1, 0.15) is 40.9 Å². The first-order valence-electron chi connectivity index (χ1n) is 12.3. The van der Waals surface area contributed by atoms with Gasteiger partial charge in [-0.3, -0.25) is 19.8 Å². The molecule has 1 aromatic heterocycles. The van der Waals surface area contributed by atoms with Crippen LogP contribution >= 0.6 is 0 Å². The molecule has 41 heavy (non-hydrogen) atoms. The Morgan fingerprint density at radius 2 is 1.71 bits per heavy atom. The Hall–Kier alpha value is -3.88. The molecule has 0 spiro atoms. The van der Waals surface area contributed by atoms with Crippen molar-refractivity contribution >= 4 is 39.9 Å². The fourth-order valence-corrected chi connectivity index (χ4v) is 5.67. The number of amides is 2. The summed E-state index contributed by atoms with van der Waals surface area (Å²) >= 11 is -0.961. The first kappa shape index (κ1) is 31.6. The maximum Gasteiger partial charge on any atom is 0.490 e. The van der Waals surface area contributed by atoms with Crippen LogP contribution in [-0.2, 0) is 27.4 Å². The van der Waals surface area contributed by atoms with Gasteiger partial charge in [-0.05, 0) is 43.3 Å². The Kier molecular flexibility index (Phi) is 10.5. The first-order chi connectivity index (χ1) is 19.3. The van der Waals surface area contributed by atoms with Gasteiger partial charge in [-0.1, -0.05) is 29.4 Å². The molecule has 14 heteroatoms. The van der Waals surface area contributed by atoms with Crippen LogP contribution in [-0.4, -0.2) is 60.9 Å². The number of carbonyl (C=O) groups excluding carboxylic acids is 2. The van der Waals surface area contributed by atoms with Crippen molar-refractivity contribution < 1.29 is 47.2 Å². The molecule has 2 amide bonds. The number of ether oxygens (including phenoxy) is 1. The number of hydrogen-bond donors (Lipinski definition) is 4. The fraction of sp³-hybridized carbons (Fsp3) is 0.333. The molecule has 10 nitrogen and oxygen atoms in total. The summed E-state index contributed by atoms with van der Waals surface area (Å²) in [4.78, 5) is 38.2. The minimum Gasteiger partial charge on any atom is -0.616 e. The number of aromatic nitrogens is 1. The normalized spacial score (nSPS) is 18.5. The van der Waals surface area contributed by atoms with E-state index in [1.54, 1.807) is 29.7 Å². The summed E-state index contributed by atoms with van der Waals surface area (Å²) < 4.78 is 49.5. The molecular weight excluding hydrogens is 567 g/mol. The van der Waals surface area contributed by atoms with Crippen LogP contribution in [0, 0.1) is 6.92 Å². The van der Waals surface area contributed by atoms with Gasteiger partial charge in [0.25, 0.3) is 5.91 Å². The third kappa shape index (κ3) is 9.06. The molecule has 1 fully saturated rings. The van der Waals surface area contributed by atoms with Crippen LogP contribution in [0.25, 0.3) is 10.9 Å². The molecule has 4 N–H and O–H groups in total. The highest BCUT2D eigenvalue weighted by atomic mass is 32.2. The molecule has 0 unspecified atom stereocenters. The topological polar surface area (TPSA) is 161 Å². The molecule has 1 aliphatic rings. The lowest BCUT2D eigenvalue weighted by Gasteiger charge is -2.37. The van der Waals surface area contributed by atoms with Crippen LogP contribution in [0.4, 0.5) is 13.2 Å². The number of aliphatic carboxylic acids is 1. The van der Waals surface area contributed by atoms with Crippen molar-refractivity contribution in [3.63, 3.8) is 0 Å². The lowest BCUT2D eigenvalue weighted by atomic mass is 9.87. The van der Waals surface area contributed by atoms with E-state index >= 15 is 0 Å². The summed E-state index contributed by atoms with van der Waals surface area (Å²) in [6.45, 7) is 2.32. The monoisotopic (exact) mass is 595 g/mol. The quantitative estimate of drug-likeness (QED) is 0.183. The minimum atomic E-state index is -5.08. The van der Waals surface area contributed by atoms with E-state index in [-0.39, 0.29) is 12.3 Å². The van der Waals surface area contributed by atoms with Crippen molar-refractivity contribution in [2.24, 2.45) is 0 Å². The van der Waals surface area contributed by atoms with Gasteiger partial charge >= 0.3 is 12.1 Å².